The van der Waals surface area contributed by atoms with Crippen molar-refractivity contribution < 1.29 is 22.1 Å². The predicted octanol–water partition coefficient (Wildman–Crippen LogP) is -0.784. The van der Waals surface area contributed by atoms with Gasteiger partial charge in [-0.2, -0.15) is 8.42 Å². The van der Waals surface area contributed by atoms with Crippen LogP contribution in [0.4, 0.5) is 5.82 Å². The number of nitrogens with one attached hydrogen (secondary N) is 2. The van der Waals surface area contributed by atoms with Crippen LogP contribution in [0.1, 0.15) is 31.9 Å². The first-order chi connectivity index (χ1) is 13.4. The Bertz CT molecular complexity index is 972. The summed E-state index contributed by atoms with van der Waals surface area (Å²) in [6.45, 7) is 0.497. The molecule has 152 valence electrons. The fourth-order valence-corrected chi connectivity index (χ4v) is 4.17. The SMILES string of the molecule is Nc1ncnc2c1ncn2[C@H]1CC[C@@H](COS(=O)(=O)NC(=O)[C@@H]2CCCN2)O1. The number of nitrogen functional groups attached to an aromatic ring is 1. The van der Waals surface area contributed by atoms with Crippen LogP contribution in [0.2, 0.25) is 0 Å². The number of anilines is 1. The fourth-order valence-electron chi connectivity index (χ4n) is 3.39. The van der Waals surface area contributed by atoms with Gasteiger partial charge in [-0.05, 0) is 32.2 Å². The maximum Gasteiger partial charge on any atom is 0.362 e. The lowest BCUT2D eigenvalue weighted by molar-refractivity contribution is -0.121. The van der Waals surface area contributed by atoms with Crippen molar-refractivity contribution in [2.75, 3.05) is 18.9 Å². The van der Waals surface area contributed by atoms with Crippen LogP contribution in [0.15, 0.2) is 12.7 Å². The Morgan fingerprint density at radius 3 is 3.00 bits per heavy atom. The van der Waals surface area contributed by atoms with E-state index in [4.69, 9.17) is 14.7 Å². The second-order valence-corrected chi connectivity index (χ2v) is 8.08. The van der Waals surface area contributed by atoms with Gasteiger partial charge in [-0.15, -0.1) is 0 Å². The number of amides is 1. The molecule has 2 fully saturated rings. The molecule has 0 radical (unpaired) electrons. The monoisotopic (exact) mass is 411 g/mol. The number of carbonyl (C=O) groups excluding carboxylic acids is 1. The van der Waals surface area contributed by atoms with Crippen molar-refractivity contribution in [3.63, 3.8) is 0 Å². The van der Waals surface area contributed by atoms with Crippen LogP contribution in [-0.2, 0) is 24.0 Å². The maximum atomic E-state index is 12.0. The number of ether oxygens (including phenoxy) is 1. The second kappa shape index (κ2) is 7.58. The number of aromatic nitrogens is 4. The summed E-state index contributed by atoms with van der Waals surface area (Å²) in [5.41, 5.74) is 6.81. The Morgan fingerprint density at radius 1 is 1.36 bits per heavy atom. The topological polar surface area (TPSA) is 163 Å². The van der Waals surface area contributed by atoms with Crippen LogP contribution in [0.5, 0.6) is 0 Å². The highest BCUT2D eigenvalue weighted by Crippen LogP contribution is 2.31. The van der Waals surface area contributed by atoms with Gasteiger partial charge in [0.25, 0.3) is 5.91 Å². The molecular formula is C15H21N7O5S. The number of imidazole rings is 1. The molecule has 2 aromatic rings. The number of hydrogen-bond donors (Lipinski definition) is 3. The van der Waals surface area contributed by atoms with E-state index in [1.165, 1.54) is 6.33 Å². The van der Waals surface area contributed by atoms with Gasteiger partial charge in [0.15, 0.2) is 11.5 Å². The van der Waals surface area contributed by atoms with Crippen LogP contribution in [0.3, 0.4) is 0 Å². The number of nitrogens with two attached hydrogens (primary N) is 1. The van der Waals surface area contributed by atoms with Crippen molar-refractivity contribution >= 4 is 33.2 Å². The highest BCUT2D eigenvalue weighted by molar-refractivity contribution is 7.85. The van der Waals surface area contributed by atoms with Crippen LogP contribution in [0, 0.1) is 0 Å². The molecule has 3 atom stereocenters. The van der Waals surface area contributed by atoms with Gasteiger partial charge in [-0.1, -0.05) is 0 Å². The molecule has 2 saturated heterocycles. The quantitative estimate of drug-likeness (QED) is 0.549. The number of nitrogens with zero attached hydrogens (tertiary/aromatic N) is 4. The molecule has 2 aromatic heterocycles. The van der Waals surface area contributed by atoms with Crippen molar-refractivity contribution in [1.29, 1.82) is 0 Å². The minimum atomic E-state index is -4.19. The highest BCUT2D eigenvalue weighted by atomic mass is 32.2. The molecule has 4 rings (SSSR count). The van der Waals surface area contributed by atoms with Gasteiger partial charge in [-0.25, -0.2) is 19.7 Å². The van der Waals surface area contributed by atoms with Crippen LogP contribution in [-0.4, -0.2) is 59.1 Å². The predicted molar refractivity (Wildman–Crippen MR) is 96.9 cm³/mol. The molecule has 28 heavy (non-hydrogen) atoms. The summed E-state index contributed by atoms with van der Waals surface area (Å²) in [5.74, 6) is -0.329. The zero-order valence-corrected chi connectivity index (χ0v) is 15.8. The van der Waals surface area contributed by atoms with Gasteiger partial charge in [0.1, 0.15) is 18.1 Å². The van der Waals surface area contributed by atoms with Gasteiger partial charge in [0.2, 0.25) is 0 Å². The third-order valence-corrected chi connectivity index (χ3v) is 5.69. The number of rotatable bonds is 6. The minimum Gasteiger partial charge on any atom is -0.382 e. The lowest BCUT2D eigenvalue weighted by atomic mass is 10.2. The summed E-state index contributed by atoms with van der Waals surface area (Å²) >= 11 is 0. The molecule has 0 saturated carbocycles. The summed E-state index contributed by atoms with van der Waals surface area (Å²) in [6.07, 6.45) is 4.73. The first kappa shape index (κ1) is 19.0. The average Bonchev–Trinajstić information content (AvgIpc) is 3.39. The van der Waals surface area contributed by atoms with Gasteiger partial charge < -0.3 is 15.8 Å². The first-order valence-electron chi connectivity index (χ1n) is 8.96. The van der Waals surface area contributed by atoms with Crippen molar-refractivity contribution in [2.45, 2.75) is 44.1 Å². The molecule has 1 amide bonds. The average molecular weight is 411 g/mol. The van der Waals surface area contributed by atoms with Crippen molar-refractivity contribution in [3.8, 4) is 0 Å². The van der Waals surface area contributed by atoms with Crippen molar-refractivity contribution in [3.05, 3.63) is 12.7 Å². The first-order valence-corrected chi connectivity index (χ1v) is 10.4. The van der Waals surface area contributed by atoms with E-state index in [9.17, 15) is 13.2 Å². The molecule has 4 heterocycles. The lowest BCUT2D eigenvalue weighted by Gasteiger charge is -2.16. The Labute approximate surface area is 161 Å². The van der Waals surface area contributed by atoms with E-state index >= 15 is 0 Å². The van der Waals surface area contributed by atoms with E-state index < -0.39 is 28.4 Å². The van der Waals surface area contributed by atoms with Crippen molar-refractivity contribution in [1.82, 2.24) is 29.6 Å². The number of carbonyl (C=O) groups is 1. The van der Waals surface area contributed by atoms with Gasteiger partial charge in [-0.3, -0.25) is 13.5 Å². The molecular weight excluding hydrogens is 390 g/mol. The molecule has 13 heteroatoms. The Morgan fingerprint density at radius 2 is 2.21 bits per heavy atom. The molecule has 0 unspecified atom stereocenters. The molecule has 12 nitrogen and oxygen atoms in total. The van der Waals surface area contributed by atoms with E-state index in [1.807, 2.05) is 4.72 Å². The van der Waals surface area contributed by atoms with E-state index in [2.05, 4.69) is 20.3 Å². The lowest BCUT2D eigenvalue weighted by Crippen LogP contribution is -2.44. The number of fused-ring (bicyclic) bond motifs is 1. The minimum absolute atomic E-state index is 0.193. The number of hydrogen-bond acceptors (Lipinski definition) is 10. The summed E-state index contributed by atoms with van der Waals surface area (Å²) in [5, 5.41) is 2.93. The van der Waals surface area contributed by atoms with Gasteiger partial charge in [0.05, 0.1) is 25.1 Å². The molecule has 4 N–H and O–H groups in total. The third kappa shape index (κ3) is 3.92. The van der Waals surface area contributed by atoms with E-state index in [0.717, 1.165) is 6.42 Å². The molecule has 2 aliphatic heterocycles. The highest BCUT2D eigenvalue weighted by Gasteiger charge is 2.31. The zero-order chi connectivity index (χ0) is 19.7. The summed E-state index contributed by atoms with van der Waals surface area (Å²) in [6, 6.07) is -0.505. The van der Waals surface area contributed by atoms with Crippen LogP contribution < -0.4 is 15.8 Å². The summed E-state index contributed by atoms with van der Waals surface area (Å²) in [7, 11) is -4.19. The van der Waals surface area contributed by atoms with Gasteiger partial charge in [0, 0.05) is 0 Å². The molecule has 0 aliphatic carbocycles. The Hall–Kier alpha value is -2.35. The Balaban J connectivity index is 1.33. The van der Waals surface area contributed by atoms with Gasteiger partial charge >= 0.3 is 10.3 Å². The smallest absolute Gasteiger partial charge is 0.362 e. The fraction of sp³-hybridized carbons (Fsp3) is 0.600. The van der Waals surface area contributed by atoms with E-state index in [1.54, 1.807) is 10.9 Å². The molecule has 2 aliphatic rings. The van der Waals surface area contributed by atoms with Crippen LogP contribution in [0.25, 0.3) is 11.2 Å². The Kier molecular flexibility index (Phi) is 5.14. The molecule has 0 bridgehead atoms. The van der Waals surface area contributed by atoms with E-state index in [0.29, 0.717) is 37.0 Å². The maximum absolute atomic E-state index is 12.0. The standard InChI is InChI=1S/C15H21N7O5S/c16-13-12-14(19-7-18-13)22(8-20-12)11-4-3-9(27-11)6-26-28(24,25)21-15(23)10-2-1-5-17-10/h7-11,17H,1-6H2,(H,21,23)(H2,16,18,19)/t9-,10-,11+/m0/s1. The molecule has 0 aromatic carbocycles. The normalized spacial score (nSPS) is 25.4. The van der Waals surface area contributed by atoms with Crippen molar-refractivity contribution in [2.24, 2.45) is 0 Å². The van der Waals surface area contributed by atoms with E-state index in [-0.39, 0.29) is 18.7 Å². The molecule has 0 spiro atoms. The summed E-state index contributed by atoms with van der Waals surface area (Å²) in [4.78, 5) is 24.2. The summed E-state index contributed by atoms with van der Waals surface area (Å²) < 4.78 is 38.5. The van der Waals surface area contributed by atoms with Crippen LogP contribution >= 0.6 is 0 Å². The third-order valence-electron chi connectivity index (χ3n) is 4.79. The largest absolute Gasteiger partial charge is 0.382 e. The second-order valence-electron chi connectivity index (χ2n) is 6.73. The zero-order valence-electron chi connectivity index (χ0n) is 14.9.